The first-order chi connectivity index (χ1) is 10.4. The lowest BCUT2D eigenvalue weighted by molar-refractivity contribution is 0.444. The van der Waals surface area contributed by atoms with Crippen molar-refractivity contribution in [1.82, 2.24) is 0 Å². The Labute approximate surface area is 131 Å². The van der Waals surface area contributed by atoms with Gasteiger partial charge in [-0.25, -0.2) is 4.99 Å². The van der Waals surface area contributed by atoms with Crippen LogP contribution in [0, 0.1) is 5.41 Å². The highest BCUT2D eigenvalue weighted by molar-refractivity contribution is 6.22. The Bertz CT molecular complexity index is 630. The number of hydrogen-bond acceptors (Lipinski definition) is 5. The topological polar surface area (TPSA) is 85.7 Å². The molecular weight excluding hydrogens is 276 g/mol. The van der Waals surface area contributed by atoms with E-state index in [1.54, 1.807) is 0 Å². The largest absolute Gasteiger partial charge is 0.506 e. The molecular formula is C17H22N4O. The summed E-state index contributed by atoms with van der Waals surface area (Å²) in [5.41, 5.74) is 8.44. The van der Waals surface area contributed by atoms with E-state index in [0.717, 1.165) is 12.2 Å². The number of nitrogens with two attached hydrogens (primary N) is 1. The molecule has 0 saturated heterocycles. The van der Waals surface area contributed by atoms with Crippen LogP contribution in [-0.2, 0) is 0 Å². The third-order valence-electron chi connectivity index (χ3n) is 3.51. The third-order valence-corrected chi connectivity index (χ3v) is 3.51. The third kappa shape index (κ3) is 3.36. The molecule has 5 heteroatoms. The van der Waals surface area contributed by atoms with Gasteiger partial charge in [-0.1, -0.05) is 0 Å². The lowest BCUT2D eigenvalue weighted by Crippen LogP contribution is -2.30. The minimum Gasteiger partial charge on any atom is -0.506 e. The van der Waals surface area contributed by atoms with Crippen LogP contribution in [0.1, 0.15) is 20.8 Å². The lowest BCUT2D eigenvalue weighted by atomic mass is 10.1. The van der Waals surface area contributed by atoms with E-state index < -0.39 is 0 Å². The molecule has 2 rings (SSSR count). The number of aliphatic hydroxyl groups excluding tert-OH is 1. The van der Waals surface area contributed by atoms with E-state index in [2.05, 4.69) is 30.7 Å². The summed E-state index contributed by atoms with van der Waals surface area (Å²) < 4.78 is 0. The van der Waals surface area contributed by atoms with Crippen molar-refractivity contribution in [3.63, 3.8) is 0 Å². The number of aliphatic imine (C=N–C) groups is 1. The highest BCUT2D eigenvalue weighted by Crippen LogP contribution is 2.23. The predicted octanol–water partition coefficient (Wildman–Crippen LogP) is 3.31. The number of hydrogen-bond donors (Lipinski definition) is 3. The molecule has 0 atom stereocenters. The second-order valence-corrected chi connectivity index (χ2v) is 5.44. The molecule has 0 radical (unpaired) electrons. The van der Waals surface area contributed by atoms with Crippen LogP contribution in [0.4, 0.5) is 11.4 Å². The van der Waals surface area contributed by atoms with Crippen LogP contribution >= 0.6 is 0 Å². The zero-order valence-electron chi connectivity index (χ0n) is 13.2. The fourth-order valence-corrected chi connectivity index (χ4v) is 2.46. The Morgan fingerprint density at radius 2 is 1.86 bits per heavy atom. The van der Waals surface area contributed by atoms with Crippen molar-refractivity contribution in [2.75, 3.05) is 11.4 Å². The molecule has 5 nitrogen and oxygen atoms in total. The van der Waals surface area contributed by atoms with Crippen LogP contribution in [0.15, 0.2) is 52.9 Å². The summed E-state index contributed by atoms with van der Waals surface area (Å²) in [5.74, 6) is -0.0774. The summed E-state index contributed by atoms with van der Waals surface area (Å²) in [6, 6.07) is 8.24. The van der Waals surface area contributed by atoms with Gasteiger partial charge < -0.3 is 21.1 Å². The molecule has 116 valence electrons. The van der Waals surface area contributed by atoms with Crippen molar-refractivity contribution in [3.05, 3.63) is 47.9 Å². The van der Waals surface area contributed by atoms with Crippen molar-refractivity contribution < 1.29 is 5.11 Å². The number of aliphatic hydroxyl groups is 1. The average molecular weight is 298 g/mol. The Kier molecular flexibility index (Phi) is 4.65. The van der Waals surface area contributed by atoms with Gasteiger partial charge in [0.05, 0.1) is 17.1 Å². The molecule has 1 aliphatic carbocycles. The maximum absolute atomic E-state index is 9.89. The molecule has 0 bridgehead atoms. The average Bonchev–Trinajstić information content (AvgIpc) is 2.44. The molecule has 1 aromatic rings. The van der Waals surface area contributed by atoms with E-state index in [9.17, 15) is 5.11 Å². The monoisotopic (exact) mass is 298 g/mol. The van der Waals surface area contributed by atoms with Crippen LogP contribution in [0.25, 0.3) is 0 Å². The molecule has 4 N–H and O–H groups in total. The van der Waals surface area contributed by atoms with Gasteiger partial charge in [-0.05, 0) is 51.1 Å². The van der Waals surface area contributed by atoms with Crippen molar-refractivity contribution in [2.24, 2.45) is 10.7 Å². The molecule has 0 spiro atoms. The maximum atomic E-state index is 9.89. The van der Waals surface area contributed by atoms with Gasteiger partial charge >= 0.3 is 0 Å². The van der Waals surface area contributed by atoms with Gasteiger partial charge in [0, 0.05) is 24.4 Å². The van der Waals surface area contributed by atoms with Crippen molar-refractivity contribution >= 4 is 22.8 Å². The quantitative estimate of drug-likeness (QED) is 0.745. The van der Waals surface area contributed by atoms with Crippen molar-refractivity contribution in [1.29, 1.82) is 5.41 Å². The summed E-state index contributed by atoms with van der Waals surface area (Å²) in [5, 5.41) is 17.4. The van der Waals surface area contributed by atoms with Gasteiger partial charge in [-0.3, -0.25) is 0 Å². The highest BCUT2D eigenvalue weighted by atomic mass is 16.3. The molecule has 0 heterocycles. The highest BCUT2D eigenvalue weighted by Gasteiger charge is 2.15. The van der Waals surface area contributed by atoms with Crippen LogP contribution in [-0.4, -0.2) is 29.1 Å². The van der Waals surface area contributed by atoms with Gasteiger partial charge in [0.2, 0.25) is 0 Å². The molecule has 0 aliphatic heterocycles. The second kappa shape index (κ2) is 6.47. The zero-order chi connectivity index (χ0) is 16.3. The summed E-state index contributed by atoms with van der Waals surface area (Å²) in [6.07, 6.45) is 2.81. The standard InChI is InChI=1S/C17H22N4O/c1-4-21(11(2)3)14-7-5-13(6-8-14)20-17-15(19)9-12(18)10-16(17)22/h5-11,18,22H,4,19H2,1-3H3. The summed E-state index contributed by atoms with van der Waals surface area (Å²) in [4.78, 5) is 6.66. The molecule has 0 saturated carbocycles. The summed E-state index contributed by atoms with van der Waals surface area (Å²) in [7, 11) is 0. The Morgan fingerprint density at radius 1 is 1.23 bits per heavy atom. The number of nitrogens with zero attached hydrogens (tertiary/aromatic N) is 2. The van der Waals surface area contributed by atoms with Crippen molar-refractivity contribution in [2.45, 2.75) is 26.8 Å². The van der Waals surface area contributed by atoms with Crippen LogP contribution in [0.3, 0.4) is 0 Å². The van der Waals surface area contributed by atoms with Crippen molar-refractivity contribution in [3.8, 4) is 0 Å². The fraction of sp³-hybridized carbons (Fsp3) is 0.294. The molecule has 0 fully saturated rings. The van der Waals surface area contributed by atoms with E-state index >= 15 is 0 Å². The number of benzene rings is 1. The smallest absolute Gasteiger partial charge is 0.145 e. The first kappa shape index (κ1) is 15.8. The van der Waals surface area contributed by atoms with Gasteiger partial charge in [0.25, 0.3) is 0 Å². The number of rotatable bonds is 4. The molecule has 0 aromatic heterocycles. The normalized spacial score (nSPS) is 16.7. The SMILES string of the molecule is CCN(c1ccc(N=C2C(N)=CC(=N)C=C2O)cc1)C(C)C. The van der Waals surface area contributed by atoms with Crippen LogP contribution < -0.4 is 10.6 Å². The number of allylic oxidation sites excluding steroid dienone is 2. The number of anilines is 1. The minimum absolute atomic E-state index is 0.0774. The molecule has 22 heavy (non-hydrogen) atoms. The molecule has 0 unspecified atom stereocenters. The number of nitrogens with one attached hydrogen (secondary N) is 1. The Balaban J connectivity index is 2.28. The van der Waals surface area contributed by atoms with E-state index in [0.29, 0.717) is 23.1 Å². The van der Waals surface area contributed by atoms with E-state index in [1.165, 1.54) is 12.2 Å². The minimum atomic E-state index is -0.0774. The van der Waals surface area contributed by atoms with E-state index in [1.807, 2.05) is 24.3 Å². The lowest BCUT2D eigenvalue weighted by Gasteiger charge is -2.27. The van der Waals surface area contributed by atoms with Crippen LogP contribution in [0.5, 0.6) is 0 Å². The van der Waals surface area contributed by atoms with E-state index in [-0.39, 0.29) is 11.5 Å². The van der Waals surface area contributed by atoms with Gasteiger partial charge in [-0.2, -0.15) is 0 Å². The summed E-state index contributed by atoms with van der Waals surface area (Å²) in [6.45, 7) is 7.37. The second-order valence-electron chi connectivity index (χ2n) is 5.44. The van der Waals surface area contributed by atoms with Gasteiger partial charge in [0.15, 0.2) is 0 Å². The molecule has 1 aliphatic rings. The van der Waals surface area contributed by atoms with Gasteiger partial charge in [0.1, 0.15) is 11.5 Å². The molecule has 1 aromatic carbocycles. The molecule has 0 amide bonds. The first-order valence-electron chi connectivity index (χ1n) is 7.35. The predicted molar refractivity (Wildman–Crippen MR) is 92.4 cm³/mol. The van der Waals surface area contributed by atoms with Crippen LogP contribution in [0.2, 0.25) is 0 Å². The van der Waals surface area contributed by atoms with Gasteiger partial charge in [-0.15, -0.1) is 0 Å². The Morgan fingerprint density at radius 3 is 2.36 bits per heavy atom. The zero-order valence-corrected chi connectivity index (χ0v) is 13.2. The first-order valence-corrected chi connectivity index (χ1v) is 7.35. The fourth-order valence-electron chi connectivity index (χ4n) is 2.46. The maximum Gasteiger partial charge on any atom is 0.145 e. The Hall–Kier alpha value is -2.56. The van der Waals surface area contributed by atoms with E-state index in [4.69, 9.17) is 11.1 Å². The summed E-state index contributed by atoms with van der Waals surface area (Å²) >= 11 is 0.